The number of primary amides is 1. The van der Waals surface area contributed by atoms with Crippen LogP contribution >= 0.6 is 0 Å². The van der Waals surface area contributed by atoms with Gasteiger partial charge < -0.3 is 15.8 Å². The summed E-state index contributed by atoms with van der Waals surface area (Å²) < 4.78 is 5.39. The van der Waals surface area contributed by atoms with Crippen molar-refractivity contribution in [3.05, 3.63) is 42.5 Å². The van der Waals surface area contributed by atoms with Crippen LogP contribution in [0.2, 0.25) is 0 Å². The minimum atomic E-state index is -0.501. The standard InChI is InChI=1S/C12H16N2O2/c1-2-8-16-11-5-3-4-10(9-11)6-7-14-12(13)15/h2-5,9H,1,6-8H2,(H3,13,14,15). The second kappa shape index (κ2) is 6.50. The summed E-state index contributed by atoms with van der Waals surface area (Å²) in [5, 5.41) is 2.54. The van der Waals surface area contributed by atoms with E-state index in [1.165, 1.54) is 0 Å². The number of urea groups is 1. The molecule has 16 heavy (non-hydrogen) atoms. The molecule has 0 aromatic heterocycles. The Balaban J connectivity index is 2.46. The van der Waals surface area contributed by atoms with Crippen LogP contribution in [0.5, 0.6) is 5.75 Å². The van der Waals surface area contributed by atoms with Gasteiger partial charge in [0.2, 0.25) is 0 Å². The van der Waals surface area contributed by atoms with Crippen molar-refractivity contribution in [3.8, 4) is 5.75 Å². The van der Waals surface area contributed by atoms with Crippen molar-refractivity contribution in [2.45, 2.75) is 6.42 Å². The van der Waals surface area contributed by atoms with E-state index in [9.17, 15) is 4.79 Å². The average molecular weight is 220 g/mol. The van der Waals surface area contributed by atoms with Crippen LogP contribution in [-0.2, 0) is 6.42 Å². The number of ether oxygens (including phenoxy) is 1. The molecule has 0 aliphatic carbocycles. The Hall–Kier alpha value is -1.97. The molecule has 0 saturated carbocycles. The van der Waals surface area contributed by atoms with Gasteiger partial charge in [-0.1, -0.05) is 24.8 Å². The highest BCUT2D eigenvalue weighted by Gasteiger charge is 1.97. The number of nitrogens with two attached hydrogens (primary N) is 1. The van der Waals surface area contributed by atoms with Gasteiger partial charge in [0.05, 0.1) is 0 Å². The Kier molecular flexibility index (Phi) is 4.92. The molecule has 1 aromatic rings. The third kappa shape index (κ3) is 4.50. The lowest BCUT2D eigenvalue weighted by Gasteiger charge is -2.06. The first-order valence-electron chi connectivity index (χ1n) is 5.08. The van der Waals surface area contributed by atoms with Gasteiger partial charge in [-0.25, -0.2) is 4.79 Å². The Morgan fingerprint density at radius 1 is 1.56 bits per heavy atom. The van der Waals surface area contributed by atoms with Crippen molar-refractivity contribution < 1.29 is 9.53 Å². The lowest BCUT2D eigenvalue weighted by atomic mass is 10.1. The highest BCUT2D eigenvalue weighted by Crippen LogP contribution is 2.13. The zero-order valence-electron chi connectivity index (χ0n) is 9.11. The number of nitrogens with one attached hydrogen (secondary N) is 1. The fraction of sp³-hybridized carbons (Fsp3) is 0.250. The quantitative estimate of drug-likeness (QED) is 0.713. The highest BCUT2D eigenvalue weighted by atomic mass is 16.5. The maximum atomic E-state index is 10.5. The van der Waals surface area contributed by atoms with Crippen LogP contribution in [0.15, 0.2) is 36.9 Å². The Bertz CT molecular complexity index is 364. The SMILES string of the molecule is C=CCOc1cccc(CCNC(N)=O)c1. The molecular weight excluding hydrogens is 204 g/mol. The molecule has 4 heteroatoms. The van der Waals surface area contributed by atoms with Crippen LogP contribution in [-0.4, -0.2) is 19.2 Å². The summed E-state index contributed by atoms with van der Waals surface area (Å²) in [5.41, 5.74) is 6.06. The van der Waals surface area contributed by atoms with Gasteiger partial charge in [0.15, 0.2) is 0 Å². The van der Waals surface area contributed by atoms with E-state index in [0.717, 1.165) is 17.7 Å². The molecular formula is C12H16N2O2. The van der Waals surface area contributed by atoms with Gasteiger partial charge in [-0.3, -0.25) is 0 Å². The number of carbonyl (C=O) groups is 1. The molecule has 0 aliphatic rings. The Morgan fingerprint density at radius 3 is 3.06 bits per heavy atom. The molecule has 0 aliphatic heterocycles. The van der Waals surface area contributed by atoms with E-state index in [4.69, 9.17) is 10.5 Å². The van der Waals surface area contributed by atoms with Gasteiger partial charge in [0.25, 0.3) is 0 Å². The molecule has 1 aromatic carbocycles. The first-order chi connectivity index (χ1) is 7.72. The van der Waals surface area contributed by atoms with Crippen LogP contribution in [0.25, 0.3) is 0 Å². The Morgan fingerprint density at radius 2 is 2.38 bits per heavy atom. The summed E-state index contributed by atoms with van der Waals surface area (Å²) in [6, 6.07) is 7.21. The van der Waals surface area contributed by atoms with Crippen LogP contribution in [0.1, 0.15) is 5.56 Å². The maximum Gasteiger partial charge on any atom is 0.312 e. The van der Waals surface area contributed by atoms with E-state index in [2.05, 4.69) is 11.9 Å². The predicted octanol–water partition coefficient (Wildman–Crippen LogP) is 1.46. The summed E-state index contributed by atoms with van der Waals surface area (Å²) in [6.07, 6.45) is 2.43. The van der Waals surface area contributed by atoms with E-state index >= 15 is 0 Å². The van der Waals surface area contributed by atoms with E-state index in [1.54, 1.807) is 6.08 Å². The van der Waals surface area contributed by atoms with Gasteiger partial charge in [0, 0.05) is 6.54 Å². The third-order valence-corrected chi connectivity index (χ3v) is 1.98. The van der Waals surface area contributed by atoms with Gasteiger partial charge in [-0.2, -0.15) is 0 Å². The van der Waals surface area contributed by atoms with Crippen molar-refractivity contribution in [1.29, 1.82) is 0 Å². The number of benzene rings is 1. The van der Waals surface area contributed by atoms with E-state index in [1.807, 2.05) is 24.3 Å². The second-order valence-electron chi connectivity index (χ2n) is 3.29. The minimum Gasteiger partial charge on any atom is -0.490 e. The van der Waals surface area contributed by atoms with Crippen molar-refractivity contribution in [2.75, 3.05) is 13.2 Å². The number of hydrogen-bond acceptors (Lipinski definition) is 2. The lowest BCUT2D eigenvalue weighted by molar-refractivity contribution is 0.249. The predicted molar refractivity (Wildman–Crippen MR) is 63.4 cm³/mol. The van der Waals surface area contributed by atoms with Crippen LogP contribution in [0.3, 0.4) is 0 Å². The maximum absolute atomic E-state index is 10.5. The molecule has 0 radical (unpaired) electrons. The number of amides is 2. The zero-order chi connectivity index (χ0) is 11.8. The van der Waals surface area contributed by atoms with Crippen molar-refractivity contribution in [2.24, 2.45) is 5.73 Å². The molecule has 4 nitrogen and oxygen atoms in total. The molecule has 0 heterocycles. The largest absolute Gasteiger partial charge is 0.490 e. The summed E-state index contributed by atoms with van der Waals surface area (Å²) in [7, 11) is 0. The Labute approximate surface area is 95.1 Å². The number of rotatable bonds is 6. The molecule has 0 bridgehead atoms. The van der Waals surface area contributed by atoms with Crippen LogP contribution < -0.4 is 15.8 Å². The molecule has 3 N–H and O–H groups in total. The minimum absolute atomic E-state index is 0.489. The zero-order valence-corrected chi connectivity index (χ0v) is 9.11. The smallest absolute Gasteiger partial charge is 0.312 e. The van der Waals surface area contributed by atoms with Crippen molar-refractivity contribution >= 4 is 6.03 Å². The molecule has 2 amide bonds. The first kappa shape index (κ1) is 12.1. The van der Waals surface area contributed by atoms with E-state index in [-0.39, 0.29) is 0 Å². The molecule has 0 spiro atoms. The number of hydrogen-bond donors (Lipinski definition) is 2. The van der Waals surface area contributed by atoms with Gasteiger partial charge >= 0.3 is 6.03 Å². The van der Waals surface area contributed by atoms with Gasteiger partial charge in [0.1, 0.15) is 12.4 Å². The monoisotopic (exact) mass is 220 g/mol. The second-order valence-corrected chi connectivity index (χ2v) is 3.29. The normalized spacial score (nSPS) is 9.50. The summed E-state index contributed by atoms with van der Waals surface area (Å²) in [6.45, 7) is 4.60. The summed E-state index contributed by atoms with van der Waals surface area (Å²) in [4.78, 5) is 10.5. The highest BCUT2D eigenvalue weighted by molar-refractivity contribution is 5.71. The van der Waals surface area contributed by atoms with Crippen LogP contribution in [0.4, 0.5) is 4.79 Å². The van der Waals surface area contributed by atoms with Crippen LogP contribution in [0, 0.1) is 0 Å². The molecule has 0 atom stereocenters. The molecule has 0 unspecified atom stereocenters. The fourth-order valence-corrected chi connectivity index (χ4v) is 1.28. The number of carbonyl (C=O) groups excluding carboxylic acids is 1. The lowest BCUT2D eigenvalue weighted by Crippen LogP contribution is -2.30. The fourth-order valence-electron chi connectivity index (χ4n) is 1.28. The third-order valence-electron chi connectivity index (χ3n) is 1.98. The van der Waals surface area contributed by atoms with E-state index in [0.29, 0.717) is 13.2 Å². The summed E-state index contributed by atoms with van der Waals surface area (Å²) >= 11 is 0. The van der Waals surface area contributed by atoms with Gasteiger partial charge in [-0.05, 0) is 24.1 Å². The first-order valence-corrected chi connectivity index (χ1v) is 5.08. The van der Waals surface area contributed by atoms with E-state index < -0.39 is 6.03 Å². The molecule has 0 saturated heterocycles. The summed E-state index contributed by atoms with van der Waals surface area (Å²) in [5.74, 6) is 0.802. The van der Waals surface area contributed by atoms with Gasteiger partial charge in [-0.15, -0.1) is 0 Å². The van der Waals surface area contributed by atoms with Crippen molar-refractivity contribution in [3.63, 3.8) is 0 Å². The van der Waals surface area contributed by atoms with Crippen molar-refractivity contribution in [1.82, 2.24) is 5.32 Å². The molecule has 0 fully saturated rings. The average Bonchev–Trinajstić information content (AvgIpc) is 2.26. The topological polar surface area (TPSA) is 64.3 Å². The molecule has 86 valence electrons. The molecule has 1 rings (SSSR count).